The van der Waals surface area contributed by atoms with Gasteiger partial charge in [-0.15, -0.1) is 0 Å². The molecule has 7 nitrogen and oxygen atoms in total. The Labute approximate surface area is 148 Å². The second-order valence-electron chi connectivity index (χ2n) is 5.89. The Kier molecular flexibility index (Phi) is 4.88. The zero-order chi connectivity index (χ0) is 18.8. The summed E-state index contributed by atoms with van der Waals surface area (Å²) in [5.74, 6) is -2.95. The number of nitrogens with zero attached hydrogens (tertiary/aromatic N) is 4. The monoisotopic (exact) mass is 364 g/mol. The minimum absolute atomic E-state index is 0.00733. The molecule has 1 aromatic heterocycles. The van der Waals surface area contributed by atoms with Crippen molar-refractivity contribution in [1.82, 2.24) is 14.7 Å². The predicted octanol–water partition coefficient (Wildman–Crippen LogP) is 1.03. The summed E-state index contributed by atoms with van der Waals surface area (Å²) < 4.78 is 33.9. The maximum atomic E-state index is 14.1. The summed E-state index contributed by atoms with van der Waals surface area (Å²) in [5, 5.41) is 3.97. The van der Waals surface area contributed by atoms with Gasteiger partial charge in [-0.25, -0.2) is 13.5 Å². The van der Waals surface area contributed by atoms with Crippen LogP contribution in [-0.2, 0) is 7.05 Å². The molecule has 0 spiro atoms. The second kappa shape index (κ2) is 7.11. The van der Waals surface area contributed by atoms with Crippen molar-refractivity contribution in [1.29, 1.82) is 0 Å². The molecule has 2 aromatic rings. The number of halogens is 2. The van der Waals surface area contributed by atoms with E-state index in [9.17, 15) is 18.4 Å². The predicted molar refractivity (Wildman–Crippen MR) is 90.5 cm³/mol. The van der Waals surface area contributed by atoms with Crippen molar-refractivity contribution in [2.45, 2.75) is 0 Å². The number of carbonyl (C=O) groups excluding carboxylic acids is 1. The normalized spacial score (nSPS) is 14.5. The number of amides is 1. The lowest BCUT2D eigenvalue weighted by Crippen LogP contribution is -2.49. The number of rotatable bonds is 3. The fraction of sp³-hybridized carbons (Fsp3) is 0.353. The molecule has 0 radical (unpaired) electrons. The number of aryl methyl sites for hydroxylation is 1. The van der Waals surface area contributed by atoms with Gasteiger partial charge in [0.05, 0.1) is 19.0 Å². The van der Waals surface area contributed by atoms with E-state index in [2.05, 4.69) is 5.10 Å². The largest absolute Gasteiger partial charge is 0.496 e. The Hall–Kier alpha value is -2.97. The molecule has 1 aliphatic heterocycles. The molecule has 0 bridgehead atoms. The third kappa shape index (κ3) is 3.24. The number of benzene rings is 1. The number of hydrogen-bond acceptors (Lipinski definition) is 5. The Morgan fingerprint density at radius 2 is 1.88 bits per heavy atom. The molecule has 2 heterocycles. The molecule has 0 aliphatic carbocycles. The van der Waals surface area contributed by atoms with Crippen molar-refractivity contribution < 1.29 is 18.3 Å². The zero-order valence-electron chi connectivity index (χ0n) is 14.4. The van der Waals surface area contributed by atoms with Gasteiger partial charge in [0, 0.05) is 39.3 Å². The molecule has 0 N–H and O–H groups in total. The Balaban J connectivity index is 1.76. The van der Waals surface area contributed by atoms with Crippen molar-refractivity contribution in [3.63, 3.8) is 0 Å². The fourth-order valence-corrected chi connectivity index (χ4v) is 2.86. The van der Waals surface area contributed by atoms with E-state index in [0.29, 0.717) is 31.9 Å². The first-order chi connectivity index (χ1) is 12.4. The van der Waals surface area contributed by atoms with Crippen molar-refractivity contribution >= 4 is 11.6 Å². The van der Waals surface area contributed by atoms with Crippen LogP contribution in [0, 0.1) is 11.6 Å². The molecule has 0 atom stereocenters. The van der Waals surface area contributed by atoms with Crippen LogP contribution in [0.3, 0.4) is 0 Å². The summed E-state index contributed by atoms with van der Waals surface area (Å²) in [4.78, 5) is 27.7. The molecule has 26 heavy (non-hydrogen) atoms. The maximum absolute atomic E-state index is 14.1. The molecule has 1 aromatic carbocycles. The van der Waals surface area contributed by atoms with Crippen LogP contribution in [0.5, 0.6) is 5.75 Å². The quantitative estimate of drug-likeness (QED) is 0.814. The summed E-state index contributed by atoms with van der Waals surface area (Å²) >= 11 is 0. The molecule has 1 aliphatic rings. The number of carbonyl (C=O) groups is 1. The second-order valence-corrected chi connectivity index (χ2v) is 5.89. The third-order valence-electron chi connectivity index (χ3n) is 4.38. The molecule has 0 saturated carbocycles. The Morgan fingerprint density at radius 3 is 2.50 bits per heavy atom. The highest BCUT2D eigenvalue weighted by Gasteiger charge is 2.28. The molecular weight excluding hydrogens is 346 g/mol. The SMILES string of the molecule is COc1ccc(F)c(F)c1C(=O)N1CCN(c2cnn(C)c(=O)c2)CC1. The van der Waals surface area contributed by atoms with Gasteiger partial charge < -0.3 is 14.5 Å². The molecular formula is C17H18F2N4O3. The third-order valence-corrected chi connectivity index (χ3v) is 4.38. The summed E-state index contributed by atoms with van der Waals surface area (Å²) in [6.07, 6.45) is 1.58. The van der Waals surface area contributed by atoms with Crippen molar-refractivity contribution in [3.05, 3.63) is 51.9 Å². The van der Waals surface area contributed by atoms with Gasteiger partial charge in [-0.2, -0.15) is 5.10 Å². The van der Waals surface area contributed by atoms with E-state index in [1.807, 2.05) is 4.90 Å². The van der Waals surface area contributed by atoms with Crippen LogP contribution in [0.4, 0.5) is 14.5 Å². The highest BCUT2D eigenvalue weighted by molar-refractivity contribution is 5.97. The molecule has 3 rings (SSSR count). The van der Waals surface area contributed by atoms with Gasteiger partial charge in [0.15, 0.2) is 11.6 Å². The van der Waals surface area contributed by atoms with Crippen molar-refractivity contribution in [3.8, 4) is 5.75 Å². The van der Waals surface area contributed by atoms with E-state index in [1.54, 1.807) is 13.2 Å². The molecule has 1 amide bonds. The number of ether oxygens (including phenoxy) is 1. The van der Waals surface area contributed by atoms with Gasteiger partial charge in [0.2, 0.25) is 0 Å². The zero-order valence-corrected chi connectivity index (χ0v) is 14.4. The van der Waals surface area contributed by atoms with Crippen LogP contribution in [0.1, 0.15) is 10.4 Å². The number of aromatic nitrogens is 2. The van der Waals surface area contributed by atoms with Gasteiger partial charge >= 0.3 is 0 Å². The Morgan fingerprint density at radius 1 is 1.19 bits per heavy atom. The summed E-state index contributed by atoms with van der Waals surface area (Å²) in [6.45, 7) is 1.49. The number of piperazine rings is 1. The molecule has 9 heteroatoms. The molecule has 1 fully saturated rings. The average Bonchev–Trinajstić information content (AvgIpc) is 2.65. The lowest BCUT2D eigenvalue weighted by molar-refractivity contribution is 0.0737. The first-order valence-corrected chi connectivity index (χ1v) is 8.02. The van der Waals surface area contributed by atoms with Crippen LogP contribution in [0.15, 0.2) is 29.2 Å². The summed E-state index contributed by atoms with van der Waals surface area (Å²) in [6, 6.07) is 3.62. The minimum Gasteiger partial charge on any atom is -0.496 e. The summed E-state index contributed by atoms with van der Waals surface area (Å²) in [5.41, 5.74) is 0.0264. The van der Waals surface area contributed by atoms with E-state index in [1.165, 1.54) is 28.8 Å². The van der Waals surface area contributed by atoms with Gasteiger partial charge in [-0.1, -0.05) is 0 Å². The lowest BCUT2D eigenvalue weighted by atomic mass is 10.1. The number of anilines is 1. The topological polar surface area (TPSA) is 67.7 Å². The average molecular weight is 364 g/mol. The smallest absolute Gasteiger partial charge is 0.268 e. The first-order valence-electron chi connectivity index (χ1n) is 8.02. The van der Waals surface area contributed by atoms with E-state index < -0.39 is 23.1 Å². The van der Waals surface area contributed by atoms with Crippen LogP contribution >= 0.6 is 0 Å². The van der Waals surface area contributed by atoms with Crippen molar-refractivity contribution in [2.24, 2.45) is 7.05 Å². The van der Waals surface area contributed by atoms with E-state index in [0.717, 1.165) is 6.07 Å². The summed E-state index contributed by atoms with van der Waals surface area (Å²) in [7, 11) is 2.86. The van der Waals surface area contributed by atoms with Crippen LogP contribution in [-0.4, -0.2) is 53.9 Å². The van der Waals surface area contributed by atoms with Gasteiger partial charge in [-0.05, 0) is 12.1 Å². The number of hydrogen-bond donors (Lipinski definition) is 0. The molecule has 0 unspecified atom stereocenters. The Bertz CT molecular complexity index is 892. The van der Waals surface area contributed by atoms with Crippen LogP contribution in [0.2, 0.25) is 0 Å². The molecule has 1 saturated heterocycles. The van der Waals surface area contributed by atoms with Gasteiger partial charge in [-0.3, -0.25) is 9.59 Å². The van der Waals surface area contributed by atoms with E-state index in [4.69, 9.17) is 4.74 Å². The number of methoxy groups -OCH3 is 1. The van der Waals surface area contributed by atoms with Gasteiger partial charge in [0.25, 0.3) is 11.5 Å². The van der Waals surface area contributed by atoms with Crippen LogP contribution in [0.25, 0.3) is 0 Å². The maximum Gasteiger partial charge on any atom is 0.268 e. The highest BCUT2D eigenvalue weighted by atomic mass is 19.2. The van der Waals surface area contributed by atoms with Crippen LogP contribution < -0.4 is 15.2 Å². The highest BCUT2D eigenvalue weighted by Crippen LogP contribution is 2.26. The van der Waals surface area contributed by atoms with E-state index >= 15 is 0 Å². The fourth-order valence-electron chi connectivity index (χ4n) is 2.86. The van der Waals surface area contributed by atoms with Crippen molar-refractivity contribution in [2.75, 3.05) is 38.2 Å². The van der Waals surface area contributed by atoms with Gasteiger partial charge in [0.1, 0.15) is 11.3 Å². The first kappa shape index (κ1) is 17.8. The van der Waals surface area contributed by atoms with E-state index in [-0.39, 0.29) is 11.3 Å². The standard InChI is InChI=1S/C17H18F2N4O3/c1-21-14(24)9-11(10-20-21)22-5-7-23(8-6-22)17(25)15-13(26-2)4-3-12(18)16(15)19/h3-4,9-10H,5-8H2,1-2H3. The lowest BCUT2D eigenvalue weighted by Gasteiger charge is -2.36. The molecule has 138 valence electrons. The minimum atomic E-state index is -1.22.